The molecule has 1 aromatic carbocycles. The van der Waals surface area contributed by atoms with E-state index in [1.165, 1.54) is 14.2 Å². The normalized spacial score (nSPS) is 14.1. The fourth-order valence-electron chi connectivity index (χ4n) is 1.62. The van der Waals surface area contributed by atoms with Crippen LogP contribution in [0.3, 0.4) is 0 Å². The smallest absolute Gasteiger partial charge is 0.183 e. The van der Waals surface area contributed by atoms with Gasteiger partial charge in [0.05, 0.1) is 20.8 Å². The summed E-state index contributed by atoms with van der Waals surface area (Å²) in [5.41, 5.74) is 0.839. The number of hydrogen-bond acceptors (Lipinski definition) is 6. The fourth-order valence-corrected chi connectivity index (χ4v) is 1.62. The summed E-state index contributed by atoms with van der Waals surface area (Å²) >= 11 is 0. The van der Waals surface area contributed by atoms with E-state index in [0.717, 1.165) is 5.56 Å². The van der Waals surface area contributed by atoms with E-state index in [1.807, 2.05) is 30.3 Å². The Hall–Kier alpha value is -1.31. The highest BCUT2D eigenvalue weighted by Gasteiger charge is 2.31. The molecule has 0 amide bonds. The van der Waals surface area contributed by atoms with Gasteiger partial charge in [0.2, 0.25) is 0 Å². The van der Waals surface area contributed by atoms with Crippen LogP contribution in [0.4, 0.5) is 0 Å². The van der Waals surface area contributed by atoms with Crippen LogP contribution >= 0.6 is 0 Å². The molecule has 2 atom stereocenters. The first-order chi connectivity index (χ1) is 9.22. The second-order valence-electron chi connectivity index (χ2n) is 3.80. The summed E-state index contributed by atoms with van der Waals surface area (Å²) in [4.78, 5) is 30.8. The number of aliphatic hydroxyl groups excluding tert-OH is 1. The van der Waals surface area contributed by atoms with Crippen molar-refractivity contribution in [2.75, 3.05) is 20.8 Å². The molecule has 19 heavy (non-hydrogen) atoms. The first kappa shape index (κ1) is 15.7. The molecule has 6 nitrogen and oxygen atoms in total. The van der Waals surface area contributed by atoms with Gasteiger partial charge in [0, 0.05) is 6.42 Å². The largest absolute Gasteiger partial charge is 0.393 e. The highest BCUT2D eigenvalue weighted by Crippen LogP contribution is 2.10. The Morgan fingerprint density at radius 2 is 1.79 bits per heavy atom. The van der Waals surface area contributed by atoms with E-state index < -0.39 is 18.8 Å². The van der Waals surface area contributed by atoms with Gasteiger partial charge < -0.3 is 5.11 Å². The van der Waals surface area contributed by atoms with E-state index >= 15 is 0 Å². The number of carbonyl (C=O) groups excluding carboxylic acids is 1. The molecule has 1 rings (SSSR count). The predicted molar refractivity (Wildman–Crippen MR) is 66.0 cm³/mol. The van der Waals surface area contributed by atoms with E-state index in [1.54, 1.807) is 0 Å². The number of aliphatic hydroxyl groups is 1. The van der Waals surface area contributed by atoms with Crippen LogP contribution in [-0.2, 0) is 30.8 Å². The molecule has 6 heteroatoms. The van der Waals surface area contributed by atoms with Gasteiger partial charge in [-0.1, -0.05) is 30.3 Å². The summed E-state index contributed by atoms with van der Waals surface area (Å²) in [7, 11) is 2.57. The molecule has 0 saturated carbocycles. The molecular weight excluding hydrogens is 252 g/mol. The van der Waals surface area contributed by atoms with Crippen LogP contribution in [0, 0.1) is 0 Å². The molecule has 1 N–H and O–H groups in total. The average molecular weight is 270 g/mol. The molecule has 0 fully saturated rings. The van der Waals surface area contributed by atoms with Crippen LogP contribution in [0.5, 0.6) is 0 Å². The number of Topliss-reactive ketones (excluding diaryl/α,β-unsaturated/α-hetero) is 1. The maximum Gasteiger partial charge on any atom is 0.183 e. The zero-order valence-corrected chi connectivity index (χ0v) is 10.9. The Balaban J connectivity index is 2.71. The fraction of sp³-hybridized carbons (Fsp3) is 0.462. The SMILES string of the molecule is COO[C@@H](CO)[C@H](OOC)C(=O)Cc1ccccc1. The number of hydrogen-bond donors (Lipinski definition) is 1. The summed E-state index contributed by atoms with van der Waals surface area (Å²) in [6.45, 7) is -0.428. The lowest BCUT2D eigenvalue weighted by molar-refractivity contribution is -0.369. The molecule has 0 aliphatic heterocycles. The van der Waals surface area contributed by atoms with Crippen LogP contribution in [0.25, 0.3) is 0 Å². The molecule has 0 aliphatic rings. The summed E-state index contributed by atoms with van der Waals surface area (Å²) in [6, 6.07) is 9.19. The molecular formula is C13H18O6. The zero-order chi connectivity index (χ0) is 14.1. The maximum absolute atomic E-state index is 12.1. The van der Waals surface area contributed by atoms with Crippen molar-refractivity contribution >= 4 is 5.78 Å². The van der Waals surface area contributed by atoms with E-state index in [0.29, 0.717) is 0 Å². The van der Waals surface area contributed by atoms with Crippen molar-refractivity contribution in [2.24, 2.45) is 0 Å². The van der Waals surface area contributed by atoms with Gasteiger partial charge in [-0.15, -0.1) is 0 Å². The minimum Gasteiger partial charge on any atom is -0.393 e. The van der Waals surface area contributed by atoms with Gasteiger partial charge in [0.15, 0.2) is 18.0 Å². The van der Waals surface area contributed by atoms with Crippen LogP contribution < -0.4 is 0 Å². The van der Waals surface area contributed by atoms with E-state index in [2.05, 4.69) is 9.78 Å². The molecule has 0 spiro atoms. The highest BCUT2D eigenvalue weighted by molar-refractivity contribution is 5.85. The number of benzene rings is 1. The maximum atomic E-state index is 12.1. The van der Waals surface area contributed by atoms with Crippen LogP contribution in [0.15, 0.2) is 30.3 Å². The van der Waals surface area contributed by atoms with Crippen molar-refractivity contribution in [3.8, 4) is 0 Å². The van der Waals surface area contributed by atoms with Gasteiger partial charge >= 0.3 is 0 Å². The molecule has 0 aromatic heterocycles. The Kier molecular flexibility index (Phi) is 7.24. The minimum atomic E-state index is -1.06. The lowest BCUT2D eigenvalue weighted by atomic mass is 10.0. The highest BCUT2D eigenvalue weighted by atomic mass is 17.2. The number of carbonyl (C=O) groups is 1. The zero-order valence-electron chi connectivity index (χ0n) is 10.9. The van der Waals surface area contributed by atoms with Crippen molar-refractivity contribution in [2.45, 2.75) is 18.6 Å². The molecule has 0 saturated heterocycles. The van der Waals surface area contributed by atoms with Gasteiger partial charge in [-0.3, -0.25) is 4.79 Å². The Morgan fingerprint density at radius 1 is 1.16 bits per heavy atom. The molecule has 0 radical (unpaired) electrons. The summed E-state index contributed by atoms with van der Waals surface area (Å²) in [6.07, 6.45) is -1.85. The van der Waals surface area contributed by atoms with Crippen LogP contribution in [0.2, 0.25) is 0 Å². The van der Waals surface area contributed by atoms with E-state index in [4.69, 9.17) is 9.78 Å². The molecule has 1 aromatic rings. The molecule has 0 unspecified atom stereocenters. The third kappa shape index (κ3) is 5.06. The van der Waals surface area contributed by atoms with Gasteiger partial charge in [0.1, 0.15) is 0 Å². The van der Waals surface area contributed by atoms with Gasteiger partial charge in [-0.05, 0) is 5.56 Å². The Bertz CT molecular complexity index is 367. The van der Waals surface area contributed by atoms with Crippen molar-refractivity contribution in [3.63, 3.8) is 0 Å². The van der Waals surface area contributed by atoms with Crippen molar-refractivity contribution in [3.05, 3.63) is 35.9 Å². The van der Waals surface area contributed by atoms with Gasteiger partial charge in [0.25, 0.3) is 0 Å². The minimum absolute atomic E-state index is 0.151. The quantitative estimate of drug-likeness (QED) is 0.525. The lowest BCUT2D eigenvalue weighted by Crippen LogP contribution is -2.41. The number of ketones is 1. The molecule has 0 bridgehead atoms. The van der Waals surface area contributed by atoms with Crippen LogP contribution in [-0.4, -0.2) is 43.9 Å². The molecule has 106 valence electrons. The monoisotopic (exact) mass is 270 g/mol. The molecule has 0 heterocycles. The Morgan fingerprint density at radius 3 is 2.32 bits per heavy atom. The second kappa shape index (κ2) is 8.73. The van der Waals surface area contributed by atoms with Gasteiger partial charge in [-0.25, -0.2) is 19.6 Å². The van der Waals surface area contributed by atoms with Crippen molar-refractivity contribution in [1.82, 2.24) is 0 Å². The average Bonchev–Trinajstić information content (AvgIpc) is 2.43. The third-order valence-corrected chi connectivity index (χ3v) is 2.48. The summed E-state index contributed by atoms with van der Waals surface area (Å²) < 4.78 is 0. The topological polar surface area (TPSA) is 74.2 Å². The summed E-state index contributed by atoms with van der Waals surface area (Å²) in [5, 5.41) is 9.18. The molecule has 0 aliphatic carbocycles. The van der Waals surface area contributed by atoms with E-state index in [9.17, 15) is 9.90 Å². The third-order valence-electron chi connectivity index (χ3n) is 2.48. The first-order valence-corrected chi connectivity index (χ1v) is 5.79. The van der Waals surface area contributed by atoms with E-state index in [-0.39, 0.29) is 12.2 Å². The second-order valence-corrected chi connectivity index (χ2v) is 3.80. The number of rotatable bonds is 9. The van der Waals surface area contributed by atoms with Crippen molar-refractivity contribution < 1.29 is 29.5 Å². The van der Waals surface area contributed by atoms with Crippen molar-refractivity contribution in [1.29, 1.82) is 0 Å². The standard InChI is InChI=1S/C13H18O6/c1-16-18-12(9-14)13(19-17-2)11(15)8-10-6-4-3-5-7-10/h3-7,12-14H,8-9H2,1-2H3/t12-,13+/m0/s1. The van der Waals surface area contributed by atoms with Crippen LogP contribution in [0.1, 0.15) is 5.56 Å². The lowest BCUT2D eigenvalue weighted by Gasteiger charge is -2.21. The summed E-state index contributed by atoms with van der Waals surface area (Å²) in [5.74, 6) is -0.274. The first-order valence-electron chi connectivity index (χ1n) is 5.79. The van der Waals surface area contributed by atoms with Gasteiger partial charge in [-0.2, -0.15) is 0 Å². The Labute approximate surface area is 111 Å². The predicted octanol–water partition coefficient (Wildman–Crippen LogP) is 0.684.